The summed E-state index contributed by atoms with van der Waals surface area (Å²) in [7, 11) is 1.55. The number of hydrogen-bond donors (Lipinski definition) is 2. The van der Waals surface area contributed by atoms with Gasteiger partial charge in [-0.05, 0) is 45.7 Å². The monoisotopic (exact) mass is 503 g/mol. The van der Waals surface area contributed by atoms with Crippen molar-refractivity contribution in [3.8, 4) is 16.9 Å². The first-order valence-corrected chi connectivity index (χ1v) is 12.5. The zero-order valence-electron chi connectivity index (χ0n) is 19.8. The van der Waals surface area contributed by atoms with Gasteiger partial charge in [0.05, 0.1) is 18.9 Å². The molecule has 3 aromatic heterocycles. The molecule has 0 aliphatic heterocycles. The molecule has 0 bridgehead atoms. The van der Waals surface area contributed by atoms with Crippen LogP contribution in [-0.4, -0.2) is 44.4 Å². The Balaban J connectivity index is 0.000000751. The van der Waals surface area contributed by atoms with Crippen LogP contribution in [0.5, 0.6) is 5.75 Å². The fraction of sp³-hybridized carbons (Fsp3) is 0.458. The molecule has 2 N–H and O–H groups in total. The maximum absolute atomic E-state index is 13.1. The molecule has 1 aliphatic rings. The summed E-state index contributed by atoms with van der Waals surface area (Å²) in [5, 5.41) is 21.2. The number of nitrogens with zero attached hydrogens (tertiary/aromatic N) is 4. The van der Waals surface area contributed by atoms with E-state index < -0.39 is 0 Å². The normalized spacial score (nSPS) is 13.9. The Kier molecular flexibility index (Phi) is 9.32. The van der Waals surface area contributed by atoms with Gasteiger partial charge >= 0.3 is 0 Å². The van der Waals surface area contributed by atoms with Gasteiger partial charge in [-0.2, -0.15) is 0 Å². The number of aromatic nitrogens is 4. The summed E-state index contributed by atoms with van der Waals surface area (Å²) < 4.78 is 5.42. The van der Waals surface area contributed by atoms with Gasteiger partial charge in [0.25, 0.3) is 5.91 Å². The van der Waals surface area contributed by atoms with Crippen LogP contribution in [0, 0.1) is 6.92 Å². The van der Waals surface area contributed by atoms with Crippen LogP contribution in [0.4, 0.5) is 5.13 Å². The van der Waals surface area contributed by atoms with Crippen molar-refractivity contribution in [1.29, 1.82) is 0 Å². The zero-order chi connectivity index (χ0) is 24.7. The first kappa shape index (κ1) is 26.0. The third-order valence-electron chi connectivity index (χ3n) is 5.24. The van der Waals surface area contributed by atoms with Crippen LogP contribution in [0.3, 0.4) is 0 Å². The fourth-order valence-electron chi connectivity index (χ4n) is 3.72. The number of aryl methyl sites for hydroxylation is 1. The van der Waals surface area contributed by atoms with Gasteiger partial charge in [-0.1, -0.05) is 42.2 Å². The number of aliphatic hydroxyl groups excluding tert-OH is 1. The molecule has 1 fully saturated rings. The topological polar surface area (TPSA) is 110 Å². The summed E-state index contributed by atoms with van der Waals surface area (Å²) in [4.78, 5) is 21.4. The highest BCUT2D eigenvalue weighted by atomic mass is 35.5. The highest BCUT2D eigenvalue weighted by molar-refractivity contribution is 7.15. The Morgan fingerprint density at radius 1 is 1.15 bits per heavy atom. The van der Waals surface area contributed by atoms with Gasteiger partial charge in [0.2, 0.25) is 5.13 Å². The van der Waals surface area contributed by atoms with Crippen molar-refractivity contribution in [3.63, 3.8) is 0 Å². The molecule has 10 heteroatoms. The van der Waals surface area contributed by atoms with E-state index >= 15 is 0 Å². The number of hydrogen-bond acceptors (Lipinski definition) is 8. The molecule has 1 amide bonds. The van der Waals surface area contributed by atoms with Crippen molar-refractivity contribution >= 4 is 34.0 Å². The molecule has 3 heterocycles. The van der Waals surface area contributed by atoms with Gasteiger partial charge < -0.3 is 9.84 Å². The fourth-order valence-corrected chi connectivity index (χ4v) is 4.78. The van der Waals surface area contributed by atoms with E-state index in [0.29, 0.717) is 38.6 Å². The van der Waals surface area contributed by atoms with E-state index in [0.717, 1.165) is 23.5 Å². The molecular weight excluding hydrogens is 474 g/mol. The standard InChI is InChI=1S/C21H22ClN5O2S.C3H8O/c1-12-8-14(15-9-18(22)24-11-17(15)29-2)16(10-23-12)19(28)25-21-27-26-20(30-21)13-6-4-3-5-7-13;1-3(2)4/h8-11,13H,3-7H2,1-2H3,(H,25,27,28);3-4H,1-2H3. The molecule has 1 aliphatic carbocycles. The van der Waals surface area contributed by atoms with Gasteiger partial charge in [0.15, 0.2) is 0 Å². The molecule has 8 nitrogen and oxygen atoms in total. The quantitative estimate of drug-likeness (QED) is 0.432. The number of ether oxygens (including phenoxy) is 1. The Morgan fingerprint density at radius 3 is 2.53 bits per heavy atom. The summed E-state index contributed by atoms with van der Waals surface area (Å²) in [6.07, 6.45) is 8.92. The number of amides is 1. The van der Waals surface area contributed by atoms with Crippen molar-refractivity contribution in [1.82, 2.24) is 20.2 Å². The number of carbonyl (C=O) groups excluding carboxylic acids is 1. The predicted molar refractivity (Wildman–Crippen MR) is 135 cm³/mol. The van der Waals surface area contributed by atoms with Gasteiger partial charge in [-0.25, -0.2) is 4.98 Å². The van der Waals surface area contributed by atoms with E-state index in [9.17, 15) is 4.79 Å². The van der Waals surface area contributed by atoms with Crippen LogP contribution in [0.25, 0.3) is 11.1 Å². The number of carbonyl (C=O) groups is 1. The Bertz CT molecular complexity index is 1110. The molecule has 182 valence electrons. The number of nitrogens with one attached hydrogen (secondary N) is 1. The largest absolute Gasteiger partial charge is 0.494 e. The van der Waals surface area contributed by atoms with Crippen molar-refractivity contribution in [3.05, 3.63) is 45.9 Å². The van der Waals surface area contributed by atoms with E-state index in [1.54, 1.807) is 33.2 Å². The van der Waals surface area contributed by atoms with Crippen LogP contribution in [0.2, 0.25) is 5.15 Å². The molecule has 34 heavy (non-hydrogen) atoms. The second-order valence-electron chi connectivity index (χ2n) is 8.41. The highest BCUT2D eigenvalue weighted by Gasteiger charge is 2.22. The minimum absolute atomic E-state index is 0.167. The predicted octanol–water partition coefficient (Wildman–Crippen LogP) is 5.65. The lowest BCUT2D eigenvalue weighted by Crippen LogP contribution is -2.14. The van der Waals surface area contributed by atoms with Crippen molar-refractivity contribution in [2.24, 2.45) is 0 Å². The highest BCUT2D eigenvalue weighted by Crippen LogP contribution is 2.36. The number of rotatable bonds is 5. The van der Waals surface area contributed by atoms with Gasteiger partial charge in [0.1, 0.15) is 15.9 Å². The average molecular weight is 504 g/mol. The van der Waals surface area contributed by atoms with Crippen molar-refractivity contribution < 1.29 is 14.6 Å². The third-order valence-corrected chi connectivity index (χ3v) is 6.45. The van der Waals surface area contributed by atoms with Crippen LogP contribution in [-0.2, 0) is 0 Å². The number of pyridine rings is 2. The Morgan fingerprint density at radius 2 is 1.85 bits per heavy atom. The van der Waals surface area contributed by atoms with Crippen molar-refractivity contribution in [2.75, 3.05) is 12.4 Å². The Labute approximate surface area is 208 Å². The second-order valence-corrected chi connectivity index (χ2v) is 9.80. The minimum atomic E-state index is -0.307. The first-order chi connectivity index (χ1) is 16.3. The van der Waals surface area contributed by atoms with E-state index in [1.807, 2.05) is 13.0 Å². The van der Waals surface area contributed by atoms with Crippen LogP contribution >= 0.6 is 22.9 Å². The molecule has 0 atom stereocenters. The second kappa shape index (κ2) is 12.2. The van der Waals surface area contributed by atoms with Crippen LogP contribution in [0.1, 0.15) is 72.9 Å². The van der Waals surface area contributed by atoms with Gasteiger partial charge in [-0.3, -0.25) is 15.1 Å². The van der Waals surface area contributed by atoms with E-state index in [4.69, 9.17) is 21.4 Å². The number of methoxy groups -OCH3 is 1. The zero-order valence-corrected chi connectivity index (χ0v) is 21.4. The van der Waals surface area contributed by atoms with E-state index in [1.165, 1.54) is 36.8 Å². The van der Waals surface area contributed by atoms with Crippen LogP contribution in [0.15, 0.2) is 24.5 Å². The molecule has 0 radical (unpaired) electrons. The Hall–Kier alpha value is -2.62. The van der Waals surface area contributed by atoms with Crippen LogP contribution < -0.4 is 10.1 Å². The number of anilines is 1. The lowest BCUT2D eigenvalue weighted by atomic mass is 9.90. The summed E-state index contributed by atoms with van der Waals surface area (Å²) in [6, 6.07) is 3.51. The van der Waals surface area contributed by atoms with Gasteiger partial charge in [-0.15, -0.1) is 10.2 Å². The minimum Gasteiger partial charge on any atom is -0.494 e. The molecule has 1 saturated carbocycles. The maximum atomic E-state index is 13.1. The summed E-state index contributed by atoms with van der Waals surface area (Å²) in [5.74, 6) is 0.662. The SMILES string of the molecule is CC(C)O.COc1cnc(Cl)cc1-c1cc(C)ncc1C(=O)Nc1nnc(C2CCCCC2)s1. The van der Waals surface area contributed by atoms with E-state index in [-0.39, 0.29) is 12.0 Å². The molecule has 0 aromatic carbocycles. The molecule has 0 saturated heterocycles. The molecule has 4 rings (SSSR count). The molecule has 0 unspecified atom stereocenters. The van der Waals surface area contributed by atoms with Gasteiger partial charge in [0, 0.05) is 35.0 Å². The third kappa shape index (κ3) is 6.94. The smallest absolute Gasteiger partial charge is 0.259 e. The molecule has 0 spiro atoms. The summed E-state index contributed by atoms with van der Waals surface area (Å²) >= 11 is 7.55. The first-order valence-electron chi connectivity index (χ1n) is 11.3. The lowest BCUT2D eigenvalue weighted by molar-refractivity contribution is 0.102. The summed E-state index contributed by atoms with van der Waals surface area (Å²) in [6.45, 7) is 5.31. The molecule has 3 aromatic rings. The van der Waals surface area contributed by atoms with Crippen molar-refractivity contribution in [2.45, 2.75) is 64.9 Å². The number of halogens is 1. The molecular formula is C24H30ClN5O3S. The summed E-state index contributed by atoms with van der Waals surface area (Å²) in [5.41, 5.74) is 2.51. The maximum Gasteiger partial charge on any atom is 0.259 e. The number of aliphatic hydroxyl groups is 1. The lowest BCUT2D eigenvalue weighted by Gasteiger charge is -2.18. The van der Waals surface area contributed by atoms with E-state index in [2.05, 4.69) is 25.5 Å². The average Bonchev–Trinajstić information content (AvgIpc) is 3.27.